The quantitative estimate of drug-likeness (QED) is 0.574. The summed E-state index contributed by atoms with van der Waals surface area (Å²) >= 11 is 1.37. The number of nitrogens with one attached hydrogen (secondary N) is 1. The molecule has 0 radical (unpaired) electrons. The second kappa shape index (κ2) is 6.42. The summed E-state index contributed by atoms with van der Waals surface area (Å²) in [4.78, 5) is 10.7. The molecule has 0 saturated heterocycles. The third-order valence-electron chi connectivity index (χ3n) is 1.65. The summed E-state index contributed by atoms with van der Waals surface area (Å²) in [5, 5.41) is 11.1. The summed E-state index contributed by atoms with van der Waals surface area (Å²) in [6.45, 7) is 0.489. The molecule has 2 N–H and O–H groups in total. The van der Waals surface area contributed by atoms with Crippen molar-refractivity contribution >= 4 is 17.7 Å². The molecular weight excluding hydrogens is 217 g/mol. The highest BCUT2D eigenvalue weighted by Crippen LogP contribution is 2.20. The van der Waals surface area contributed by atoms with Crippen molar-refractivity contribution in [2.24, 2.45) is 0 Å². The Kier molecular flexibility index (Phi) is 5.14. The van der Waals surface area contributed by atoms with Gasteiger partial charge in [-0.1, -0.05) is 12.1 Å². The fourth-order valence-electron chi connectivity index (χ4n) is 0.990. The number of carboxylic acids is 1. The number of benzene rings is 1. The van der Waals surface area contributed by atoms with Crippen molar-refractivity contribution in [2.45, 2.75) is 4.90 Å². The molecule has 5 heteroatoms. The highest BCUT2D eigenvalue weighted by Gasteiger charge is 2.00. The van der Waals surface area contributed by atoms with Crippen LogP contribution < -0.4 is 5.32 Å². The Morgan fingerprint density at radius 3 is 2.87 bits per heavy atom. The fourth-order valence-corrected chi connectivity index (χ4v) is 1.84. The van der Waals surface area contributed by atoms with Crippen molar-refractivity contribution in [3.8, 4) is 0 Å². The smallest absolute Gasteiger partial charge is 0.317 e. The lowest BCUT2D eigenvalue weighted by Crippen LogP contribution is -2.24. The first kappa shape index (κ1) is 12.0. The second-order valence-corrected chi connectivity index (χ2v) is 3.99. The molecule has 0 aromatic heterocycles. The lowest BCUT2D eigenvalue weighted by Gasteiger charge is -2.03. The average molecular weight is 229 g/mol. The number of aliphatic carboxylic acids is 1. The number of carboxylic acid groups (broad SMARTS) is 1. The Morgan fingerprint density at radius 2 is 2.20 bits per heavy atom. The van der Waals surface area contributed by atoms with Gasteiger partial charge in [-0.3, -0.25) is 4.79 Å². The molecule has 0 heterocycles. The number of halogens is 1. The zero-order valence-electron chi connectivity index (χ0n) is 8.07. The Balaban J connectivity index is 2.21. The van der Waals surface area contributed by atoms with Crippen molar-refractivity contribution in [1.82, 2.24) is 5.32 Å². The van der Waals surface area contributed by atoms with Gasteiger partial charge in [-0.05, 0) is 12.1 Å². The van der Waals surface area contributed by atoms with Gasteiger partial charge in [-0.15, -0.1) is 11.8 Å². The lowest BCUT2D eigenvalue weighted by molar-refractivity contribution is -0.135. The zero-order valence-corrected chi connectivity index (χ0v) is 8.89. The molecule has 0 fully saturated rings. The molecular formula is C10H12FNO2S. The predicted octanol–water partition coefficient (Wildman–Crippen LogP) is 1.59. The van der Waals surface area contributed by atoms with E-state index in [1.54, 1.807) is 18.2 Å². The number of hydrogen-bond acceptors (Lipinski definition) is 3. The van der Waals surface area contributed by atoms with E-state index in [0.717, 1.165) is 0 Å². The largest absolute Gasteiger partial charge is 0.480 e. The Labute approximate surface area is 91.7 Å². The predicted molar refractivity (Wildman–Crippen MR) is 57.6 cm³/mol. The van der Waals surface area contributed by atoms with Gasteiger partial charge < -0.3 is 10.4 Å². The number of rotatable bonds is 6. The van der Waals surface area contributed by atoms with E-state index in [0.29, 0.717) is 17.2 Å². The normalized spacial score (nSPS) is 10.2. The van der Waals surface area contributed by atoms with Crippen LogP contribution in [0, 0.1) is 5.82 Å². The maximum absolute atomic E-state index is 13.1. The van der Waals surface area contributed by atoms with E-state index in [9.17, 15) is 9.18 Å². The summed E-state index contributed by atoms with van der Waals surface area (Å²) in [7, 11) is 0. The summed E-state index contributed by atoms with van der Waals surface area (Å²) < 4.78 is 13.1. The maximum Gasteiger partial charge on any atom is 0.317 e. The summed E-state index contributed by atoms with van der Waals surface area (Å²) in [5.74, 6) is -0.472. The molecule has 0 aliphatic rings. The van der Waals surface area contributed by atoms with Crippen LogP contribution in [0.2, 0.25) is 0 Å². The molecule has 1 aromatic carbocycles. The molecule has 15 heavy (non-hydrogen) atoms. The van der Waals surface area contributed by atoms with E-state index in [2.05, 4.69) is 5.32 Å². The summed E-state index contributed by atoms with van der Waals surface area (Å²) in [5.41, 5.74) is 0. The van der Waals surface area contributed by atoms with Gasteiger partial charge >= 0.3 is 5.97 Å². The molecule has 0 spiro atoms. The molecule has 1 rings (SSSR count). The molecule has 0 bridgehead atoms. The highest BCUT2D eigenvalue weighted by molar-refractivity contribution is 7.99. The topological polar surface area (TPSA) is 49.3 Å². The van der Waals surface area contributed by atoms with E-state index in [4.69, 9.17) is 5.11 Å². The van der Waals surface area contributed by atoms with E-state index in [1.807, 2.05) is 0 Å². The minimum atomic E-state index is -0.883. The number of carbonyl (C=O) groups is 1. The number of thioether (sulfide) groups is 1. The van der Waals surface area contributed by atoms with Crippen molar-refractivity contribution in [3.05, 3.63) is 30.1 Å². The first-order valence-corrected chi connectivity index (χ1v) is 5.48. The number of hydrogen-bond donors (Lipinski definition) is 2. The molecule has 0 saturated carbocycles. The van der Waals surface area contributed by atoms with Crippen LogP contribution in [0.1, 0.15) is 0 Å². The second-order valence-electron chi connectivity index (χ2n) is 2.85. The van der Waals surface area contributed by atoms with Gasteiger partial charge in [0.05, 0.1) is 6.54 Å². The first-order chi connectivity index (χ1) is 7.20. The first-order valence-electron chi connectivity index (χ1n) is 4.50. The van der Waals surface area contributed by atoms with Gasteiger partial charge in [-0.2, -0.15) is 0 Å². The molecule has 1 aromatic rings. The van der Waals surface area contributed by atoms with Crippen LogP contribution in [0.5, 0.6) is 0 Å². The van der Waals surface area contributed by atoms with Crippen molar-refractivity contribution < 1.29 is 14.3 Å². The standard InChI is InChI=1S/C10H12FNO2S/c11-8-3-1-2-4-9(8)15-6-5-12-7-10(13)14/h1-4,12H,5-7H2,(H,13,14). The molecule has 0 atom stereocenters. The van der Waals surface area contributed by atoms with Crippen molar-refractivity contribution in [1.29, 1.82) is 0 Å². The zero-order chi connectivity index (χ0) is 11.1. The van der Waals surface area contributed by atoms with Gasteiger partial charge in [0.1, 0.15) is 5.82 Å². The summed E-state index contributed by atoms with van der Waals surface area (Å²) in [6, 6.07) is 6.53. The van der Waals surface area contributed by atoms with E-state index < -0.39 is 5.97 Å². The van der Waals surface area contributed by atoms with Gasteiger partial charge in [-0.25, -0.2) is 4.39 Å². The lowest BCUT2D eigenvalue weighted by atomic mass is 10.3. The van der Waals surface area contributed by atoms with Crippen LogP contribution >= 0.6 is 11.8 Å². The van der Waals surface area contributed by atoms with Crippen LogP contribution in [-0.4, -0.2) is 29.9 Å². The Morgan fingerprint density at radius 1 is 1.47 bits per heavy atom. The molecule has 82 valence electrons. The summed E-state index contributed by atoms with van der Waals surface area (Å²) in [6.07, 6.45) is 0. The molecule has 3 nitrogen and oxygen atoms in total. The van der Waals surface area contributed by atoms with E-state index in [-0.39, 0.29) is 12.4 Å². The minimum absolute atomic E-state index is 0.0577. The Bertz CT molecular complexity index is 333. The molecule has 0 unspecified atom stereocenters. The van der Waals surface area contributed by atoms with Gasteiger partial charge in [0.2, 0.25) is 0 Å². The van der Waals surface area contributed by atoms with E-state index in [1.165, 1.54) is 17.8 Å². The minimum Gasteiger partial charge on any atom is -0.480 e. The fraction of sp³-hybridized carbons (Fsp3) is 0.300. The van der Waals surface area contributed by atoms with Crippen LogP contribution in [0.15, 0.2) is 29.2 Å². The Hall–Kier alpha value is -1.07. The highest BCUT2D eigenvalue weighted by atomic mass is 32.2. The van der Waals surface area contributed by atoms with Crippen molar-refractivity contribution in [3.63, 3.8) is 0 Å². The van der Waals surface area contributed by atoms with Gasteiger partial charge in [0, 0.05) is 17.2 Å². The van der Waals surface area contributed by atoms with Crippen LogP contribution in [0.25, 0.3) is 0 Å². The van der Waals surface area contributed by atoms with Crippen LogP contribution in [0.3, 0.4) is 0 Å². The maximum atomic E-state index is 13.1. The molecule has 0 amide bonds. The molecule has 0 aliphatic heterocycles. The third-order valence-corrected chi connectivity index (χ3v) is 2.70. The van der Waals surface area contributed by atoms with Crippen molar-refractivity contribution in [2.75, 3.05) is 18.8 Å². The van der Waals surface area contributed by atoms with Crippen LogP contribution in [-0.2, 0) is 4.79 Å². The van der Waals surface area contributed by atoms with E-state index >= 15 is 0 Å². The van der Waals surface area contributed by atoms with Crippen LogP contribution in [0.4, 0.5) is 4.39 Å². The average Bonchev–Trinajstić information content (AvgIpc) is 2.20. The SMILES string of the molecule is O=C(O)CNCCSc1ccccc1F. The van der Waals surface area contributed by atoms with Gasteiger partial charge in [0.15, 0.2) is 0 Å². The monoisotopic (exact) mass is 229 g/mol. The molecule has 0 aliphatic carbocycles. The third kappa shape index (κ3) is 4.80. The van der Waals surface area contributed by atoms with Gasteiger partial charge in [0.25, 0.3) is 0 Å².